The van der Waals surface area contributed by atoms with E-state index in [4.69, 9.17) is 14.3 Å². The first-order chi connectivity index (χ1) is 28.4. The van der Waals surface area contributed by atoms with Gasteiger partial charge in [-0.2, -0.15) is 0 Å². The zero-order valence-corrected chi connectivity index (χ0v) is 32.3. The number of amides is 3. The molecular formula is C43H35N5O8S2. The Morgan fingerprint density at radius 3 is 1.90 bits per heavy atom. The molecule has 292 valence electrons. The summed E-state index contributed by atoms with van der Waals surface area (Å²) in [6, 6.07) is 35.8. The number of thiazole rings is 1. The lowest BCUT2D eigenvalue weighted by Gasteiger charge is -2.49. The molecule has 0 bridgehead atoms. The molecule has 2 aliphatic heterocycles. The molecule has 0 saturated carbocycles. The van der Waals surface area contributed by atoms with Gasteiger partial charge in [-0.05, 0) is 27.8 Å². The lowest BCUT2D eigenvalue weighted by atomic mass is 10.0. The van der Waals surface area contributed by atoms with Gasteiger partial charge in [0.15, 0.2) is 23.1 Å². The molecule has 5 aromatic rings. The number of allylic oxidation sites excluding steroid dienone is 1. The van der Waals surface area contributed by atoms with Crippen molar-refractivity contribution in [3.63, 3.8) is 0 Å². The van der Waals surface area contributed by atoms with Crippen molar-refractivity contribution in [3.05, 3.63) is 179 Å². The minimum Gasteiger partial charge on any atom is -0.450 e. The fourth-order valence-corrected chi connectivity index (χ4v) is 8.34. The van der Waals surface area contributed by atoms with Crippen LogP contribution < -0.4 is 10.6 Å². The van der Waals surface area contributed by atoms with Gasteiger partial charge in [0, 0.05) is 11.1 Å². The minimum absolute atomic E-state index is 0.0116. The van der Waals surface area contributed by atoms with Crippen LogP contribution in [0.25, 0.3) is 0 Å². The van der Waals surface area contributed by atoms with Gasteiger partial charge in [-0.15, -0.1) is 23.1 Å². The molecule has 2 N–H and O–H groups in total. The Kier molecular flexibility index (Phi) is 12.5. The molecule has 3 heterocycles. The molecule has 1 aromatic heterocycles. The topological polar surface area (TPSA) is 166 Å². The molecule has 13 nitrogen and oxygen atoms in total. The number of carbonyl (C=O) groups excluding carboxylic acids is 5. The van der Waals surface area contributed by atoms with Crippen molar-refractivity contribution in [2.24, 2.45) is 5.16 Å². The van der Waals surface area contributed by atoms with Crippen molar-refractivity contribution in [3.8, 4) is 0 Å². The van der Waals surface area contributed by atoms with Crippen LogP contribution in [-0.4, -0.2) is 69.5 Å². The van der Waals surface area contributed by atoms with Gasteiger partial charge in [-0.25, -0.2) is 14.6 Å². The number of carbonyl (C=O) groups is 5. The number of benzene rings is 4. The monoisotopic (exact) mass is 813 g/mol. The SMILES string of the molecule is C=CC1=C(C(=O)OC(c2ccccc2)c2ccccc2)N2C(=O)C(NC(=O)C(=NOCC(=O)OC(c3ccccc3)c3ccccc3)c3csc(NC=O)n3)[C@H]2SC1. The van der Waals surface area contributed by atoms with E-state index in [-0.39, 0.29) is 22.2 Å². The fraction of sp³-hybridized carbons (Fsp3) is 0.140. The predicted molar refractivity (Wildman–Crippen MR) is 218 cm³/mol. The van der Waals surface area contributed by atoms with Crippen molar-refractivity contribution >= 4 is 64.1 Å². The third kappa shape index (κ3) is 8.75. The van der Waals surface area contributed by atoms with Gasteiger partial charge in [0.1, 0.15) is 22.8 Å². The first-order valence-electron chi connectivity index (χ1n) is 17.9. The Labute approximate surface area is 341 Å². The number of aromatic nitrogens is 1. The van der Waals surface area contributed by atoms with Crippen LogP contribution in [0.5, 0.6) is 0 Å². The second-order valence-electron chi connectivity index (χ2n) is 12.8. The summed E-state index contributed by atoms with van der Waals surface area (Å²) < 4.78 is 11.9. The molecule has 0 aliphatic carbocycles. The van der Waals surface area contributed by atoms with Crippen LogP contribution in [-0.2, 0) is 38.3 Å². The smallest absolute Gasteiger partial charge is 0.356 e. The number of esters is 2. The summed E-state index contributed by atoms with van der Waals surface area (Å²) in [5.74, 6) is -2.60. The summed E-state index contributed by atoms with van der Waals surface area (Å²) >= 11 is 2.35. The highest BCUT2D eigenvalue weighted by molar-refractivity contribution is 8.00. The Bertz CT molecular complexity index is 2280. The van der Waals surface area contributed by atoms with Gasteiger partial charge < -0.3 is 24.9 Å². The number of ether oxygens (including phenoxy) is 2. The van der Waals surface area contributed by atoms with E-state index in [1.807, 2.05) is 121 Å². The number of nitrogens with zero attached hydrogens (tertiary/aromatic N) is 3. The molecule has 3 amide bonds. The van der Waals surface area contributed by atoms with Crippen LogP contribution >= 0.6 is 23.1 Å². The van der Waals surface area contributed by atoms with Gasteiger partial charge in [-0.3, -0.25) is 19.3 Å². The molecule has 0 radical (unpaired) electrons. The van der Waals surface area contributed by atoms with E-state index >= 15 is 0 Å². The lowest BCUT2D eigenvalue weighted by molar-refractivity contribution is -0.154. The normalized spacial score (nSPS) is 16.2. The molecule has 2 aliphatic rings. The van der Waals surface area contributed by atoms with Crippen LogP contribution in [0.15, 0.2) is 156 Å². The molecule has 7 rings (SSSR count). The third-order valence-electron chi connectivity index (χ3n) is 9.09. The number of thioether (sulfide) groups is 1. The molecule has 58 heavy (non-hydrogen) atoms. The van der Waals surface area contributed by atoms with Crippen LogP contribution in [0.2, 0.25) is 0 Å². The summed E-state index contributed by atoms with van der Waals surface area (Å²) in [7, 11) is 0. The summed E-state index contributed by atoms with van der Waals surface area (Å²) in [6.45, 7) is 3.20. The molecule has 1 unspecified atom stereocenters. The maximum atomic E-state index is 14.0. The maximum absolute atomic E-state index is 14.0. The highest BCUT2D eigenvalue weighted by atomic mass is 32.2. The molecule has 1 saturated heterocycles. The van der Waals surface area contributed by atoms with Gasteiger partial charge in [0.25, 0.3) is 11.8 Å². The van der Waals surface area contributed by atoms with Crippen molar-refractivity contribution in [1.82, 2.24) is 15.2 Å². The molecular weight excluding hydrogens is 779 g/mol. The average Bonchev–Trinajstić information content (AvgIpc) is 3.73. The largest absolute Gasteiger partial charge is 0.450 e. The van der Waals surface area contributed by atoms with Crippen LogP contribution in [0.4, 0.5) is 5.13 Å². The van der Waals surface area contributed by atoms with Gasteiger partial charge in [-0.1, -0.05) is 139 Å². The van der Waals surface area contributed by atoms with Crippen molar-refractivity contribution in [2.45, 2.75) is 23.6 Å². The quantitative estimate of drug-likeness (QED) is 0.0401. The van der Waals surface area contributed by atoms with E-state index in [9.17, 15) is 24.0 Å². The fourth-order valence-electron chi connectivity index (χ4n) is 6.35. The summed E-state index contributed by atoms with van der Waals surface area (Å²) in [5.41, 5.74) is 3.15. The highest BCUT2D eigenvalue weighted by Gasteiger charge is 2.54. The van der Waals surface area contributed by atoms with E-state index < -0.39 is 54.0 Å². The number of oxime groups is 1. The summed E-state index contributed by atoms with van der Waals surface area (Å²) in [4.78, 5) is 76.9. The summed E-state index contributed by atoms with van der Waals surface area (Å²) in [5, 5.41) is 10.0. The molecule has 15 heteroatoms. The number of hydrogen-bond donors (Lipinski definition) is 2. The number of rotatable bonds is 16. The predicted octanol–water partition coefficient (Wildman–Crippen LogP) is 5.94. The first-order valence-corrected chi connectivity index (χ1v) is 19.9. The zero-order valence-electron chi connectivity index (χ0n) is 30.6. The number of anilines is 1. The Balaban J connectivity index is 1.07. The zero-order chi connectivity index (χ0) is 40.4. The molecule has 0 spiro atoms. The van der Waals surface area contributed by atoms with Crippen molar-refractivity contribution in [1.29, 1.82) is 0 Å². The number of fused-ring (bicyclic) bond motifs is 1. The Morgan fingerprint density at radius 1 is 0.845 bits per heavy atom. The summed E-state index contributed by atoms with van der Waals surface area (Å²) in [6.07, 6.45) is 0.450. The number of hydrogen-bond acceptors (Lipinski definition) is 12. The van der Waals surface area contributed by atoms with Gasteiger partial charge in [0.2, 0.25) is 13.0 Å². The van der Waals surface area contributed by atoms with E-state index in [2.05, 4.69) is 27.4 Å². The van der Waals surface area contributed by atoms with E-state index in [1.165, 1.54) is 28.1 Å². The number of β-lactam (4-membered cyclic amide) rings is 1. The van der Waals surface area contributed by atoms with Gasteiger partial charge >= 0.3 is 11.9 Å². The molecule has 2 atom stereocenters. The first kappa shape index (κ1) is 39.4. The number of nitrogens with one attached hydrogen (secondary N) is 2. The second kappa shape index (κ2) is 18.4. The average molecular weight is 814 g/mol. The second-order valence-corrected chi connectivity index (χ2v) is 14.7. The van der Waals surface area contributed by atoms with E-state index in [0.717, 1.165) is 33.6 Å². The minimum atomic E-state index is -1.08. The third-order valence-corrected chi connectivity index (χ3v) is 11.2. The Hall–Kier alpha value is -6.84. The van der Waals surface area contributed by atoms with Crippen LogP contribution in [0.1, 0.15) is 40.2 Å². The molecule has 4 aromatic carbocycles. The van der Waals surface area contributed by atoms with Crippen LogP contribution in [0, 0.1) is 0 Å². The van der Waals surface area contributed by atoms with Crippen molar-refractivity contribution < 1.29 is 38.3 Å². The Morgan fingerprint density at radius 2 is 1.38 bits per heavy atom. The standard InChI is InChI=1S/C43H35N5O8S2/c1-2-27-24-57-41-35(40(52)48(41)36(27)42(53)56-38(30-19-11-5-12-20-30)31-21-13-6-14-22-31)46-39(51)34(32-25-58-43(45-32)44-26-49)47-54-23-33(50)55-37(28-15-7-3-8-16-28)29-17-9-4-10-18-29/h2-22,25-26,35,37-38,41H,1,23-24H2,(H,46,51)(H,44,45,49)/t35?,41-/m1/s1. The van der Waals surface area contributed by atoms with Gasteiger partial charge in [0.05, 0.1) is 0 Å². The molecule has 1 fully saturated rings. The lowest BCUT2D eigenvalue weighted by Crippen LogP contribution is -2.71. The highest BCUT2D eigenvalue weighted by Crippen LogP contribution is 2.42. The van der Waals surface area contributed by atoms with Crippen LogP contribution in [0.3, 0.4) is 0 Å². The maximum Gasteiger partial charge on any atom is 0.356 e. The van der Waals surface area contributed by atoms with E-state index in [0.29, 0.717) is 17.7 Å². The van der Waals surface area contributed by atoms with Crippen molar-refractivity contribution in [2.75, 3.05) is 17.7 Å². The van der Waals surface area contributed by atoms with E-state index in [1.54, 1.807) is 0 Å².